The minimum Gasteiger partial charge on any atom is -0.465 e. The van der Waals surface area contributed by atoms with Crippen molar-refractivity contribution in [2.75, 3.05) is 41.7 Å². The third-order valence-corrected chi connectivity index (χ3v) is 7.86. The number of piperidine rings is 1. The normalized spacial score (nSPS) is 21.4. The molecule has 0 bridgehead atoms. The second-order valence-corrected chi connectivity index (χ2v) is 10.6. The molecular formula is C25H26ClN11O3. The van der Waals surface area contributed by atoms with E-state index in [4.69, 9.17) is 16.7 Å². The molecule has 14 nitrogen and oxygen atoms in total. The zero-order chi connectivity index (χ0) is 28.0. The molecule has 2 atom stereocenters. The number of amides is 1. The van der Waals surface area contributed by atoms with E-state index in [2.05, 4.69) is 53.0 Å². The number of imidazole rings is 1. The Morgan fingerprint density at radius 3 is 2.62 bits per heavy atom. The number of carbonyl (C=O) groups is 1. The monoisotopic (exact) mass is 563 g/mol. The van der Waals surface area contributed by atoms with Gasteiger partial charge in [0.1, 0.15) is 6.07 Å². The van der Waals surface area contributed by atoms with E-state index in [0.29, 0.717) is 72.1 Å². The lowest BCUT2D eigenvalue weighted by Crippen LogP contribution is -2.64. The highest BCUT2D eigenvalue weighted by Gasteiger charge is 2.38. The number of hydrogen-bond donors (Lipinski definition) is 5. The second kappa shape index (κ2) is 10.3. The van der Waals surface area contributed by atoms with Crippen LogP contribution in [0, 0.1) is 22.7 Å². The van der Waals surface area contributed by atoms with Crippen molar-refractivity contribution in [1.82, 2.24) is 29.8 Å². The Labute approximate surface area is 233 Å². The largest absolute Gasteiger partial charge is 0.465 e. The first-order valence-electron chi connectivity index (χ1n) is 12.9. The number of carboxylic acid groups (broad SMARTS) is 1. The standard InChI is InChI=1S/C25H26ClN11O3/c26-21-18(31-24-33-22(30-14-1-2-14)23-29-9-15(8-28)37(23)34-24)5-13(7-27)6-19(21)36-10-16(11-36)35-4-3-17(20(38)12-35)32-25(39)40/h5-6,9,14,16-17,20,32,38H,1-4,10-12H2,(H,39,40)(H2,30,31,33,34)/t17-,20-/m0/s1. The molecule has 6 rings (SSSR count). The average molecular weight is 564 g/mol. The molecule has 3 aliphatic rings. The van der Waals surface area contributed by atoms with Crippen molar-refractivity contribution in [3.63, 3.8) is 0 Å². The van der Waals surface area contributed by atoms with Crippen LogP contribution in [0.3, 0.4) is 0 Å². The molecule has 4 heterocycles. The van der Waals surface area contributed by atoms with Gasteiger partial charge in [-0.1, -0.05) is 11.6 Å². The van der Waals surface area contributed by atoms with E-state index in [-0.39, 0.29) is 17.7 Å². The first kappa shape index (κ1) is 25.9. The van der Waals surface area contributed by atoms with Gasteiger partial charge in [0.15, 0.2) is 17.2 Å². The van der Waals surface area contributed by atoms with Crippen LogP contribution in [0.2, 0.25) is 5.02 Å². The summed E-state index contributed by atoms with van der Waals surface area (Å²) in [6, 6.07) is 7.59. The molecule has 0 unspecified atom stereocenters. The van der Waals surface area contributed by atoms with Gasteiger partial charge >= 0.3 is 6.09 Å². The fourth-order valence-corrected chi connectivity index (χ4v) is 5.42. The van der Waals surface area contributed by atoms with Gasteiger partial charge in [0.05, 0.1) is 46.4 Å². The van der Waals surface area contributed by atoms with Crippen molar-refractivity contribution in [1.29, 1.82) is 10.5 Å². The van der Waals surface area contributed by atoms with Crippen LogP contribution in [0.1, 0.15) is 30.5 Å². The Bertz CT molecular complexity index is 1550. The Morgan fingerprint density at radius 2 is 1.95 bits per heavy atom. The molecule has 15 heteroatoms. The molecule has 1 amide bonds. The highest BCUT2D eigenvalue weighted by atomic mass is 35.5. The van der Waals surface area contributed by atoms with Crippen molar-refractivity contribution in [3.8, 4) is 12.1 Å². The van der Waals surface area contributed by atoms with Crippen LogP contribution >= 0.6 is 11.6 Å². The van der Waals surface area contributed by atoms with Gasteiger partial charge in [-0.3, -0.25) is 4.90 Å². The zero-order valence-corrected chi connectivity index (χ0v) is 22.0. The summed E-state index contributed by atoms with van der Waals surface area (Å²) in [4.78, 5) is 24.0. The number of likely N-dealkylation sites (tertiary alicyclic amines) is 1. The van der Waals surface area contributed by atoms with E-state index < -0.39 is 18.2 Å². The minimum atomic E-state index is -1.14. The van der Waals surface area contributed by atoms with Gasteiger partial charge in [-0.15, -0.1) is 5.10 Å². The number of fused-ring (bicyclic) bond motifs is 1. The van der Waals surface area contributed by atoms with Gasteiger partial charge in [-0.2, -0.15) is 20.0 Å². The van der Waals surface area contributed by atoms with Crippen LogP contribution in [0.5, 0.6) is 0 Å². The molecule has 5 N–H and O–H groups in total. The van der Waals surface area contributed by atoms with Gasteiger partial charge < -0.3 is 31.1 Å². The summed E-state index contributed by atoms with van der Waals surface area (Å²) in [5.41, 5.74) is 2.24. The summed E-state index contributed by atoms with van der Waals surface area (Å²) in [6.45, 7) is 2.31. The number of aliphatic hydroxyl groups is 1. The quantitative estimate of drug-likeness (QED) is 0.280. The van der Waals surface area contributed by atoms with Crippen LogP contribution in [-0.4, -0.2) is 91.2 Å². The molecule has 2 aromatic heterocycles. The Balaban J connectivity index is 1.21. The van der Waals surface area contributed by atoms with Gasteiger partial charge in [-0.05, 0) is 31.4 Å². The smallest absolute Gasteiger partial charge is 0.404 e. The van der Waals surface area contributed by atoms with Crippen molar-refractivity contribution < 1.29 is 15.0 Å². The fourth-order valence-electron chi connectivity index (χ4n) is 5.14. The summed E-state index contributed by atoms with van der Waals surface area (Å²) < 4.78 is 1.42. The topological polar surface area (TPSA) is 191 Å². The lowest BCUT2D eigenvalue weighted by molar-refractivity contribution is 0.0154. The number of nitrogens with zero attached hydrogens (tertiary/aromatic N) is 8. The predicted molar refractivity (Wildman–Crippen MR) is 145 cm³/mol. The van der Waals surface area contributed by atoms with Gasteiger partial charge in [0, 0.05) is 38.3 Å². The summed E-state index contributed by atoms with van der Waals surface area (Å²) >= 11 is 6.84. The number of rotatable bonds is 7. The van der Waals surface area contributed by atoms with E-state index in [1.807, 2.05) is 0 Å². The molecular weight excluding hydrogens is 538 g/mol. The van der Waals surface area contributed by atoms with Crippen LogP contribution in [0.4, 0.5) is 27.9 Å². The van der Waals surface area contributed by atoms with E-state index in [9.17, 15) is 20.4 Å². The van der Waals surface area contributed by atoms with E-state index >= 15 is 0 Å². The summed E-state index contributed by atoms with van der Waals surface area (Å²) in [5.74, 6) is 0.700. The zero-order valence-electron chi connectivity index (χ0n) is 21.2. The maximum atomic E-state index is 10.9. The van der Waals surface area contributed by atoms with Crippen molar-refractivity contribution in [2.45, 2.75) is 43.5 Å². The molecule has 2 saturated heterocycles. The van der Waals surface area contributed by atoms with E-state index in [1.165, 1.54) is 10.7 Å². The number of aliphatic hydroxyl groups excluding tert-OH is 1. The number of aromatic nitrogens is 4. The number of nitrogens with one attached hydrogen (secondary N) is 3. The average Bonchev–Trinajstić information content (AvgIpc) is 3.62. The van der Waals surface area contributed by atoms with Crippen molar-refractivity contribution in [2.24, 2.45) is 0 Å². The summed E-state index contributed by atoms with van der Waals surface area (Å²) in [5, 5.41) is 52.2. The second-order valence-electron chi connectivity index (χ2n) is 10.3. The number of β-amino-alcohol motifs (C(OH)–C–C–N with tert-alkyl or cyclic N) is 1. The maximum Gasteiger partial charge on any atom is 0.404 e. The molecule has 40 heavy (non-hydrogen) atoms. The Hall–Kier alpha value is -4.37. The molecule has 1 saturated carbocycles. The number of hydrogen-bond acceptors (Lipinski definition) is 11. The van der Waals surface area contributed by atoms with Crippen LogP contribution in [-0.2, 0) is 0 Å². The molecule has 0 radical (unpaired) electrons. The number of benzene rings is 1. The minimum absolute atomic E-state index is 0.158. The van der Waals surface area contributed by atoms with Gasteiger partial charge in [-0.25, -0.2) is 9.78 Å². The molecule has 0 spiro atoms. The van der Waals surface area contributed by atoms with Gasteiger partial charge in [0.2, 0.25) is 5.95 Å². The third kappa shape index (κ3) is 5.00. The van der Waals surface area contributed by atoms with Crippen LogP contribution in [0.15, 0.2) is 18.3 Å². The number of halogens is 1. The first-order chi connectivity index (χ1) is 19.3. The molecule has 3 fully saturated rings. The molecule has 2 aliphatic heterocycles. The molecule has 1 aliphatic carbocycles. The SMILES string of the molecule is N#Cc1cc(Nc2nc(NC3CC3)c3ncc(C#N)n3n2)c(Cl)c(N2CC(N3CC[C@H](NC(=O)O)[C@@H](O)C3)C2)c1. The summed E-state index contributed by atoms with van der Waals surface area (Å²) in [7, 11) is 0. The maximum absolute atomic E-state index is 10.9. The van der Waals surface area contributed by atoms with Crippen LogP contribution < -0.4 is 20.9 Å². The number of nitriles is 2. The highest BCUT2D eigenvalue weighted by Crippen LogP contribution is 2.39. The Kier molecular flexibility index (Phi) is 6.67. The van der Waals surface area contributed by atoms with Crippen molar-refractivity contribution >= 4 is 46.5 Å². The predicted octanol–water partition coefficient (Wildman–Crippen LogP) is 1.73. The van der Waals surface area contributed by atoms with Gasteiger partial charge in [0.25, 0.3) is 0 Å². The molecule has 1 aromatic carbocycles. The third-order valence-electron chi connectivity index (χ3n) is 7.47. The molecule has 3 aromatic rings. The lowest BCUT2D eigenvalue weighted by atomic mass is 9.97. The van der Waals surface area contributed by atoms with E-state index in [0.717, 1.165) is 12.8 Å². The lowest BCUT2D eigenvalue weighted by Gasteiger charge is -2.49. The fraction of sp³-hybridized carbons (Fsp3) is 0.440. The highest BCUT2D eigenvalue weighted by molar-refractivity contribution is 6.36. The van der Waals surface area contributed by atoms with Crippen molar-refractivity contribution in [3.05, 3.63) is 34.6 Å². The Morgan fingerprint density at radius 1 is 1.15 bits per heavy atom. The molecule has 206 valence electrons. The summed E-state index contributed by atoms with van der Waals surface area (Å²) in [6.07, 6.45) is 2.09. The van der Waals surface area contributed by atoms with E-state index in [1.54, 1.807) is 12.1 Å². The van der Waals surface area contributed by atoms with Crippen LogP contribution in [0.25, 0.3) is 5.65 Å². The number of anilines is 4. The first-order valence-corrected chi connectivity index (χ1v) is 13.3.